The Morgan fingerprint density at radius 2 is 2.04 bits per heavy atom. The van der Waals surface area contributed by atoms with E-state index in [1.54, 1.807) is 34.9 Å². The first-order valence-electron chi connectivity index (χ1n) is 8.89. The summed E-state index contributed by atoms with van der Waals surface area (Å²) in [6, 6.07) is 6.69. The molecule has 0 saturated carbocycles. The minimum Gasteiger partial charge on any atom is -0.369 e. The molecule has 4 rings (SSSR count). The van der Waals surface area contributed by atoms with Crippen molar-refractivity contribution < 1.29 is 9.13 Å². The lowest BCUT2D eigenvalue weighted by Gasteiger charge is -2.33. The highest BCUT2D eigenvalue weighted by Crippen LogP contribution is 2.43. The Kier molecular flexibility index (Phi) is 5.47. The fourth-order valence-corrected chi connectivity index (χ4v) is 5.83. The first-order valence-corrected chi connectivity index (χ1v) is 11.9. The maximum Gasteiger partial charge on any atom is 0.189 e. The summed E-state index contributed by atoms with van der Waals surface area (Å²) < 4.78 is 19.3. The molecule has 1 aromatic carbocycles. The van der Waals surface area contributed by atoms with Crippen LogP contribution in [0.4, 0.5) is 4.39 Å². The van der Waals surface area contributed by atoms with Gasteiger partial charge in [-0.15, -0.1) is 23.1 Å². The fourth-order valence-electron chi connectivity index (χ4n) is 3.18. The van der Waals surface area contributed by atoms with Gasteiger partial charge in [-0.3, -0.25) is 0 Å². The van der Waals surface area contributed by atoms with Crippen LogP contribution in [-0.4, -0.2) is 21.8 Å². The van der Waals surface area contributed by atoms with Crippen molar-refractivity contribution in [3.05, 3.63) is 46.1 Å². The number of thioether (sulfide) groups is 2. The smallest absolute Gasteiger partial charge is 0.189 e. The highest BCUT2D eigenvalue weighted by atomic mass is 32.2. The topological polar surface area (TPSA) is 35.0 Å². The van der Waals surface area contributed by atoms with Gasteiger partial charge < -0.3 is 4.74 Å². The number of fused-ring (bicyclic) bond motifs is 3. The van der Waals surface area contributed by atoms with Crippen LogP contribution in [0.2, 0.25) is 0 Å². The molecule has 0 fully saturated rings. The molecule has 0 radical (unpaired) electrons. The Labute approximate surface area is 171 Å². The second-order valence-electron chi connectivity index (χ2n) is 6.88. The highest BCUT2D eigenvalue weighted by Gasteiger charge is 2.33. The van der Waals surface area contributed by atoms with Crippen molar-refractivity contribution >= 4 is 45.1 Å². The predicted molar refractivity (Wildman–Crippen MR) is 112 cm³/mol. The number of hydrogen-bond donors (Lipinski definition) is 0. The molecule has 3 aromatic rings. The van der Waals surface area contributed by atoms with Crippen molar-refractivity contribution in [1.29, 1.82) is 0 Å². The molecule has 0 bridgehead atoms. The number of rotatable bonds is 5. The van der Waals surface area contributed by atoms with Crippen molar-refractivity contribution in [3.63, 3.8) is 0 Å². The summed E-state index contributed by atoms with van der Waals surface area (Å²) in [5.41, 5.74) is 2.31. The summed E-state index contributed by atoms with van der Waals surface area (Å²) in [7, 11) is 0. The maximum absolute atomic E-state index is 13.2. The van der Waals surface area contributed by atoms with E-state index in [1.165, 1.54) is 28.0 Å². The van der Waals surface area contributed by atoms with E-state index in [-0.39, 0.29) is 11.4 Å². The van der Waals surface area contributed by atoms with E-state index in [1.807, 2.05) is 18.4 Å². The minimum atomic E-state index is -0.205. The molecule has 1 atom stereocenters. The third-order valence-corrected chi connectivity index (χ3v) is 7.70. The van der Waals surface area contributed by atoms with Crippen LogP contribution in [0.25, 0.3) is 10.2 Å². The standard InChI is InChI=1S/C20H21FN2OS3/c1-4-20(2)9-14-15(10-24-20)27-18-16(14)17(22-19(23-18)25-3)26-11-12-5-7-13(21)8-6-12/h5-8H,4,9-11H2,1-3H3/t20-/m1/s1. The van der Waals surface area contributed by atoms with E-state index in [0.717, 1.165) is 39.2 Å². The number of halogens is 1. The summed E-state index contributed by atoms with van der Waals surface area (Å²) in [4.78, 5) is 11.9. The molecule has 2 aromatic heterocycles. The van der Waals surface area contributed by atoms with E-state index < -0.39 is 0 Å². The van der Waals surface area contributed by atoms with Gasteiger partial charge in [-0.2, -0.15) is 0 Å². The van der Waals surface area contributed by atoms with Gasteiger partial charge in [0, 0.05) is 22.4 Å². The normalized spacial score (nSPS) is 19.4. The molecule has 0 aliphatic carbocycles. The van der Waals surface area contributed by atoms with Crippen molar-refractivity contribution in [2.45, 2.75) is 54.8 Å². The molecule has 142 valence electrons. The van der Waals surface area contributed by atoms with E-state index in [9.17, 15) is 4.39 Å². The molecule has 3 nitrogen and oxygen atoms in total. The molecule has 7 heteroatoms. The monoisotopic (exact) mass is 420 g/mol. The molecule has 27 heavy (non-hydrogen) atoms. The van der Waals surface area contributed by atoms with Gasteiger partial charge in [-0.25, -0.2) is 14.4 Å². The summed E-state index contributed by atoms with van der Waals surface area (Å²) in [5, 5.41) is 3.00. The van der Waals surface area contributed by atoms with Gasteiger partial charge in [0.15, 0.2) is 5.16 Å². The summed E-state index contributed by atoms with van der Waals surface area (Å²) in [6.45, 7) is 5.01. The average molecular weight is 421 g/mol. The molecule has 0 saturated heterocycles. The van der Waals surface area contributed by atoms with Gasteiger partial charge in [0.2, 0.25) is 0 Å². The number of ether oxygens (including phenoxy) is 1. The molecule has 1 aliphatic heterocycles. The second-order valence-corrected chi connectivity index (χ2v) is 9.70. The van der Waals surface area contributed by atoms with E-state index >= 15 is 0 Å². The highest BCUT2D eigenvalue weighted by molar-refractivity contribution is 7.99. The number of benzene rings is 1. The zero-order chi connectivity index (χ0) is 19.0. The number of nitrogens with zero attached hydrogens (tertiary/aromatic N) is 2. The van der Waals surface area contributed by atoms with Crippen LogP contribution < -0.4 is 0 Å². The van der Waals surface area contributed by atoms with Crippen molar-refractivity contribution in [2.75, 3.05) is 6.26 Å². The van der Waals surface area contributed by atoms with Gasteiger partial charge >= 0.3 is 0 Å². The summed E-state index contributed by atoms with van der Waals surface area (Å²) >= 11 is 4.99. The number of aromatic nitrogens is 2. The van der Waals surface area contributed by atoms with Crippen molar-refractivity contribution in [3.8, 4) is 0 Å². The SMILES string of the molecule is CC[C@]1(C)Cc2c(sc3nc(SC)nc(SCc4ccc(F)cc4)c23)CO1. The zero-order valence-corrected chi connectivity index (χ0v) is 18.0. The number of thiophene rings is 1. The Morgan fingerprint density at radius 3 is 2.74 bits per heavy atom. The number of hydrogen-bond acceptors (Lipinski definition) is 6. The van der Waals surface area contributed by atoms with E-state index in [0.29, 0.717) is 6.61 Å². The summed E-state index contributed by atoms with van der Waals surface area (Å²) in [6.07, 6.45) is 3.87. The minimum absolute atomic E-state index is 0.127. The van der Waals surface area contributed by atoms with Gasteiger partial charge in [-0.05, 0) is 42.9 Å². The fraction of sp³-hybridized carbons (Fsp3) is 0.400. The molecule has 0 unspecified atom stereocenters. The van der Waals surface area contributed by atoms with Gasteiger partial charge in [0.25, 0.3) is 0 Å². The van der Waals surface area contributed by atoms with E-state index in [2.05, 4.69) is 13.8 Å². The lowest BCUT2D eigenvalue weighted by atomic mass is 9.90. The lowest BCUT2D eigenvalue weighted by Crippen LogP contribution is -2.33. The van der Waals surface area contributed by atoms with Crippen molar-refractivity contribution in [2.24, 2.45) is 0 Å². The Morgan fingerprint density at radius 1 is 1.26 bits per heavy atom. The third kappa shape index (κ3) is 3.88. The lowest BCUT2D eigenvalue weighted by molar-refractivity contribution is -0.0543. The quantitative estimate of drug-likeness (QED) is 0.284. The zero-order valence-electron chi connectivity index (χ0n) is 15.5. The third-order valence-electron chi connectivity index (χ3n) is 5.00. The van der Waals surface area contributed by atoms with Crippen molar-refractivity contribution in [1.82, 2.24) is 9.97 Å². The van der Waals surface area contributed by atoms with Crippen LogP contribution in [0.1, 0.15) is 36.3 Å². The average Bonchev–Trinajstić information content (AvgIpc) is 3.04. The molecular weight excluding hydrogens is 399 g/mol. The summed E-state index contributed by atoms with van der Waals surface area (Å²) in [5.74, 6) is 0.551. The molecule has 1 aliphatic rings. The first-order chi connectivity index (χ1) is 13.0. The van der Waals surface area contributed by atoms with Crippen LogP contribution in [-0.2, 0) is 23.5 Å². The molecule has 3 heterocycles. The van der Waals surface area contributed by atoms with Crippen LogP contribution in [0, 0.1) is 5.82 Å². The van der Waals surface area contributed by atoms with Crippen LogP contribution >= 0.6 is 34.9 Å². The molecule has 0 N–H and O–H groups in total. The Hall–Kier alpha value is -1.15. The van der Waals surface area contributed by atoms with Gasteiger partial charge in [0.05, 0.1) is 12.2 Å². The maximum atomic E-state index is 13.2. The largest absolute Gasteiger partial charge is 0.369 e. The van der Waals surface area contributed by atoms with Gasteiger partial charge in [-0.1, -0.05) is 30.8 Å². The molecule has 0 spiro atoms. The second kappa shape index (κ2) is 7.70. The molecule has 0 amide bonds. The van der Waals surface area contributed by atoms with E-state index in [4.69, 9.17) is 14.7 Å². The predicted octanol–water partition coefficient (Wildman–Crippen LogP) is 6.09. The van der Waals surface area contributed by atoms with Crippen LogP contribution in [0.15, 0.2) is 34.4 Å². The van der Waals surface area contributed by atoms with Crippen LogP contribution in [0.3, 0.4) is 0 Å². The van der Waals surface area contributed by atoms with Gasteiger partial charge in [0.1, 0.15) is 15.7 Å². The molecular formula is C20H21FN2OS3. The Balaban J connectivity index is 1.74. The first kappa shape index (κ1) is 19.2. The van der Waals surface area contributed by atoms with Crippen LogP contribution in [0.5, 0.6) is 0 Å². The Bertz CT molecular complexity index is 974.